The van der Waals surface area contributed by atoms with E-state index in [1.807, 2.05) is 48.6 Å². The van der Waals surface area contributed by atoms with Crippen molar-refractivity contribution in [1.82, 2.24) is 4.90 Å². The summed E-state index contributed by atoms with van der Waals surface area (Å²) in [4.78, 5) is 25.2. The van der Waals surface area contributed by atoms with Crippen LogP contribution in [-0.2, 0) is 0 Å². The van der Waals surface area contributed by atoms with Crippen molar-refractivity contribution in [3.05, 3.63) is 70.8 Å². The molecule has 3 rings (SSSR count). The first kappa shape index (κ1) is 12.4. The van der Waals surface area contributed by atoms with Crippen LogP contribution in [0.15, 0.2) is 48.5 Å². The van der Waals surface area contributed by atoms with Gasteiger partial charge in [0.2, 0.25) is 0 Å². The second-order valence-corrected chi connectivity index (χ2v) is 4.68. The van der Waals surface area contributed by atoms with Gasteiger partial charge in [-0.15, -0.1) is 0 Å². The second-order valence-electron chi connectivity index (χ2n) is 4.68. The molecule has 0 bridgehead atoms. The quantitative estimate of drug-likeness (QED) is 0.616. The van der Waals surface area contributed by atoms with Crippen LogP contribution in [0.2, 0.25) is 0 Å². The van der Waals surface area contributed by atoms with Crippen molar-refractivity contribution >= 4 is 24.0 Å². The third kappa shape index (κ3) is 1.93. The summed E-state index contributed by atoms with van der Waals surface area (Å²) in [5, 5.41) is 0. The number of amides is 2. The topological polar surface area (TPSA) is 37.4 Å². The van der Waals surface area contributed by atoms with Crippen LogP contribution in [0.5, 0.6) is 0 Å². The lowest BCUT2D eigenvalue weighted by atomic mass is 10.0. The number of fused-ring (bicyclic) bond motifs is 1. The normalized spacial score (nSPS) is 14.2. The van der Waals surface area contributed by atoms with Gasteiger partial charge in [-0.05, 0) is 17.2 Å². The SMILES string of the molecule is CN1C(=O)c2cccc(C=Cc3ccccc3)c2C1=O. The van der Waals surface area contributed by atoms with Crippen molar-refractivity contribution in [2.45, 2.75) is 0 Å². The molecule has 20 heavy (non-hydrogen) atoms. The lowest BCUT2D eigenvalue weighted by Gasteiger charge is -2.03. The highest BCUT2D eigenvalue weighted by atomic mass is 16.2. The van der Waals surface area contributed by atoms with Crippen LogP contribution in [-0.4, -0.2) is 23.8 Å². The largest absolute Gasteiger partial charge is 0.277 e. The van der Waals surface area contributed by atoms with Crippen LogP contribution in [0.4, 0.5) is 0 Å². The van der Waals surface area contributed by atoms with Crippen molar-refractivity contribution < 1.29 is 9.59 Å². The maximum atomic E-state index is 12.1. The molecule has 0 fully saturated rings. The Morgan fingerprint density at radius 2 is 1.60 bits per heavy atom. The van der Waals surface area contributed by atoms with Gasteiger partial charge in [0.15, 0.2) is 0 Å². The Morgan fingerprint density at radius 3 is 2.35 bits per heavy atom. The summed E-state index contributed by atoms with van der Waals surface area (Å²) in [6.45, 7) is 0. The molecule has 0 N–H and O–H groups in total. The van der Waals surface area contributed by atoms with E-state index in [-0.39, 0.29) is 11.8 Å². The van der Waals surface area contributed by atoms with E-state index in [1.54, 1.807) is 12.1 Å². The first-order chi connectivity index (χ1) is 9.68. The maximum absolute atomic E-state index is 12.1. The molecule has 2 aromatic rings. The summed E-state index contributed by atoms with van der Waals surface area (Å²) in [6, 6.07) is 15.2. The Balaban J connectivity index is 2.04. The summed E-state index contributed by atoms with van der Waals surface area (Å²) < 4.78 is 0. The Morgan fingerprint density at radius 1 is 0.850 bits per heavy atom. The second kappa shape index (κ2) is 4.78. The molecule has 0 aliphatic carbocycles. The van der Waals surface area contributed by atoms with Gasteiger partial charge >= 0.3 is 0 Å². The Bertz CT molecular complexity index is 717. The van der Waals surface area contributed by atoms with Gasteiger partial charge in [0.25, 0.3) is 11.8 Å². The van der Waals surface area contributed by atoms with Gasteiger partial charge in [-0.2, -0.15) is 0 Å². The zero-order chi connectivity index (χ0) is 14.1. The van der Waals surface area contributed by atoms with E-state index >= 15 is 0 Å². The summed E-state index contributed by atoms with van der Waals surface area (Å²) in [5.41, 5.74) is 2.80. The summed E-state index contributed by atoms with van der Waals surface area (Å²) in [5.74, 6) is -0.474. The van der Waals surface area contributed by atoms with Crippen LogP contribution in [0.1, 0.15) is 31.8 Å². The van der Waals surface area contributed by atoms with Gasteiger partial charge in [0, 0.05) is 7.05 Å². The van der Waals surface area contributed by atoms with Gasteiger partial charge in [-0.3, -0.25) is 14.5 Å². The lowest BCUT2D eigenvalue weighted by molar-refractivity contribution is 0.0693. The van der Waals surface area contributed by atoms with Gasteiger partial charge < -0.3 is 0 Å². The number of rotatable bonds is 2. The van der Waals surface area contributed by atoms with E-state index in [0.717, 1.165) is 16.0 Å². The Kier molecular flexibility index (Phi) is 2.95. The zero-order valence-electron chi connectivity index (χ0n) is 11.0. The average Bonchev–Trinajstić information content (AvgIpc) is 2.72. The summed E-state index contributed by atoms with van der Waals surface area (Å²) >= 11 is 0. The van der Waals surface area contributed by atoms with E-state index in [0.29, 0.717) is 11.1 Å². The fourth-order valence-electron chi connectivity index (χ4n) is 2.32. The van der Waals surface area contributed by atoms with E-state index in [9.17, 15) is 9.59 Å². The molecule has 0 saturated heterocycles. The van der Waals surface area contributed by atoms with Crippen molar-refractivity contribution in [2.24, 2.45) is 0 Å². The Hall–Kier alpha value is -2.68. The van der Waals surface area contributed by atoms with Crippen molar-refractivity contribution in [3.63, 3.8) is 0 Å². The van der Waals surface area contributed by atoms with Crippen LogP contribution in [0, 0.1) is 0 Å². The minimum Gasteiger partial charge on any atom is -0.277 e. The van der Waals surface area contributed by atoms with Crippen molar-refractivity contribution in [2.75, 3.05) is 7.05 Å². The van der Waals surface area contributed by atoms with E-state index in [1.165, 1.54) is 7.05 Å². The highest BCUT2D eigenvalue weighted by molar-refractivity contribution is 6.22. The number of carbonyl (C=O) groups is 2. The minimum atomic E-state index is -0.238. The van der Waals surface area contributed by atoms with E-state index in [4.69, 9.17) is 0 Å². The molecule has 2 amide bonds. The minimum absolute atomic E-state index is 0.236. The van der Waals surface area contributed by atoms with Crippen LogP contribution >= 0.6 is 0 Å². The zero-order valence-corrected chi connectivity index (χ0v) is 11.0. The molecule has 3 nitrogen and oxygen atoms in total. The van der Waals surface area contributed by atoms with Crippen molar-refractivity contribution in [3.8, 4) is 0 Å². The molecule has 98 valence electrons. The van der Waals surface area contributed by atoms with E-state index < -0.39 is 0 Å². The fraction of sp³-hybridized carbons (Fsp3) is 0.0588. The molecule has 2 aromatic carbocycles. The van der Waals surface area contributed by atoms with Crippen LogP contribution < -0.4 is 0 Å². The van der Waals surface area contributed by atoms with Crippen LogP contribution in [0.25, 0.3) is 12.2 Å². The van der Waals surface area contributed by atoms with E-state index in [2.05, 4.69) is 0 Å². The monoisotopic (exact) mass is 263 g/mol. The number of hydrogen-bond donors (Lipinski definition) is 0. The smallest absolute Gasteiger partial charge is 0.261 e. The van der Waals surface area contributed by atoms with Crippen molar-refractivity contribution in [1.29, 1.82) is 0 Å². The molecule has 1 aliphatic heterocycles. The molecule has 0 aromatic heterocycles. The molecule has 0 unspecified atom stereocenters. The highest BCUT2D eigenvalue weighted by Crippen LogP contribution is 2.26. The first-order valence-corrected chi connectivity index (χ1v) is 6.37. The number of benzene rings is 2. The number of nitrogens with zero attached hydrogens (tertiary/aromatic N) is 1. The van der Waals surface area contributed by atoms with Gasteiger partial charge in [-0.1, -0.05) is 54.6 Å². The molecule has 0 spiro atoms. The standard InChI is InChI=1S/C17H13NO2/c1-18-16(19)14-9-5-8-13(15(14)17(18)20)11-10-12-6-3-2-4-7-12/h2-11H,1H3. The van der Waals surface area contributed by atoms with Gasteiger partial charge in [0.05, 0.1) is 11.1 Å². The number of imide groups is 1. The third-order valence-corrected chi connectivity index (χ3v) is 3.41. The van der Waals surface area contributed by atoms with Crippen LogP contribution in [0.3, 0.4) is 0 Å². The molecule has 1 heterocycles. The van der Waals surface area contributed by atoms with Gasteiger partial charge in [-0.25, -0.2) is 0 Å². The molecule has 0 radical (unpaired) electrons. The predicted octanol–water partition coefficient (Wildman–Crippen LogP) is 3.08. The molecule has 0 atom stereocenters. The third-order valence-electron chi connectivity index (χ3n) is 3.41. The number of carbonyl (C=O) groups excluding carboxylic acids is 2. The summed E-state index contributed by atoms with van der Waals surface area (Å²) in [7, 11) is 1.51. The lowest BCUT2D eigenvalue weighted by Crippen LogP contribution is -2.24. The van der Waals surface area contributed by atoms with Gasteiger partial charge in [0.1, 0.15) is 0 Å². The predicted molar refractivity (Wildman–Crippen MR) is 78.2 cm³/mol. The number of hydrogen-bond acceptors (Lipinski definition) is 2. The Labute approximate surface area is 117 Å². The highest BCUT2D eigenvalue weighted by Gasteiger charge is 2.33. The molecular weight excluding hydrogens is 250 g/mol. The summed E-state index contributed by atoms with van der Waals surface area (Å²) in [6.07, 6.45) is 3.81. The fourth-order valence-corrected chi connectivity index (χ4v) is 2.32. The maximum Gasteiger partial charge on any atom is 0.261 e. The molecule has 3 heteroatoms. The molecule has 1 aliphatic rings. The molecule has 0 saturated carbocycles. The molecular formula is C17H13NO2. The first-order valence-electron chi connectivity index (χ1n) is 6.37. The average molecular weight is 263 g/mol.